The van der Waals surface area contributed by atoms with Crippen LogP contribution in [0.4, 0.5) is 4.39 Å². The molecule has 1 amide bonds. The maximum absolute atomic E-state index is 13.8. The van der Waals surface area contributed by atoms with Crippen LogP contribution in [0.5, 0.6) is 0 Å². The number of hydrogen-bond donors (Lipinski definition) is 0. The minimum Gasteiger partial charge on any atom is -0.330 e. The number of benzene rings is 1. The Bertz CT molecular complexity index is 960. The summed E-state index contributed by atoms with van der Waals surface area (Å²) in [6.45, 7) is 10.3. The Morgan fingerprint density at radius 3 is 2.71 bits per heavy atom. The van der Waals surface area contributed by atoms with E-state index in [2.05, 4.69) is 20.8 Å². The standard InChI is InChI=1S/C22H28FN3OS/c1-5-11-26-19-13-17(23)7-8-18(19)24-21(26)14-25(12-10-15(2)3)22(27)20-9-6-16(4)28-20/h6-9,13,15H,5,10-12,14H2,1-4H3. The molecule has 2 aromatic heterocycles. The van der Waals surface area contributed by atoms with Gasteiger partial charge in [-0.15, -0.1) is 11.3 Å². The molecule has 0 aliphatic rings. The van der Waals surface area contributed by atoms with Gasteiger partial charge in [0.2, 0.25) is 0 Å². The molecule has 6 heteroatoms. The third-order valence-electron chi connectivity index (χ3n) is 4.78. The van der Waals surface area contributed by atoms with Gasteiger partial charge in [-0.1, -0.05) is 20.8 Å². The Balaban J connectivity index is 1.95. The zero-order valence-corrected chi connectivity index (χ0v) is 17.9. The second kappa shape index (κ2) is 8.86. The van der Waals surface area contributed by atoms with Gasteiger partial charge in [0.1, 0.15) is 11.6 Å². The molecule has 0 fully saturated rings. The van der Waals surface area contributed by atoms with Crippen LogP contribution in [0.3, 0.4) is 0 Å². The third kappa shape index (κ3) is 4.61. The molecular formula is C22H28FN3OS. The first-order chi connectivity index (χ1) is 13.4. The molecule has 2 heterocycles. The molecule has 0 saturated carbocycles. The quantitative estimate of drug-likeness (QED) is 0.490. The number of nitrogens with zero attached hydrogens (tertiary/aromatic N) is 3. The molecule has 0 N–H and O–H groups in total. The summed E-state index contributed by atoms with van der Waals surface area (Å²) in [4.78, 5) is 21.6. The van der Waals surface area contributed by atoms with Gasteiger partial charge in [-0.2, -0.15) is 0 Å². The van der Waals surface area contributed by atoms with Crippen molar-refractivity contribution < 1.29 is 9.18 Å². The fraction of sp³-hybridized carbons (Fsp3) is 0.455. The minimum absolute atomic E-state index is 0.0417. The van der Waals surface area contributed by atoms with Crippen LogP contribution in [0, 0.1) is 18.7 Å². The molecule has 1 aromatic carbocycles. The number of rotatable bonds is 8. The van der Waals surface area contributed by atoms with E-state index in [4.69, 9.17) is 4.98 Å². The van der Waals surface area contributed by atoms with Crippen molar-refractivity contribution in [3.8, 4) is 0 Å². The molecule has 0 radical (unpaired) electrons. The van der Waals surface area contributed by atoms with Crippen molar-refractivity contribution in [2.24, 2.45) is 5.92 Å². The first kappa shape index (κ1) is 20.5. The number of carbonyl (C=O) groups excluding carboxylic acids is 1. The summed E-state index contributed by atoms with van der Waals surface area (Å²) in [5, 5.41) is 0. The summed E-state index contributed by atoms with van der Waals surface area (Å²) < 4.78 is 15.8. The molecule has 0 spiro atoms. The molecule has 4 nitrogen and oxygen atoms in total. The maximum Gasteiger partial charge on any atom is 0.264 e. The van der Waals surface area contributed by atoms with Crippen molar-refractivity contribution in [2.75, 3.05) is 6.54 Å². The number of aryl methyl sites for hydroxylation is 2. The van der Waals surface area contributed by atoms with Gasteiger partial charge < -0.3 is 9.47 Å². The van der Waals surface area contributed by atoms with Gasteiger partial charge in [0, 0.05) is 18.0 Å². The van der Waals surface area contributed by atoms with Crippen LogP contribution >= 0.6 is 11.3 Å². The third-order valence-corrected chi connectivity index (χ3v) is 5.77. The Labute approximate surface area is 170 Å². The van der Waals surface area contributed by atoms with Gasteiger partial charge in [0.05, 0.1) is 22.5 Å². The molecule has 0 aliphatic heterocycles. The fourth-order valence-electron chi connectivity index (χ4n) is 3.28. The minimum atomic E-state index is -0.266. The fourth-order valence-corrected chi connectivity index (χ4v) is 4.12. The molecule has 0 bridgehead atoms. The summed E-state index contributed by atoms with van der Waals surface area (Å²) in [6, 6.07) is 8.56. The second-order valence-corrected chi connectivity index (χ2v) is 8.92. The van der Waals surface area contributed by atoms with Gasteiger partial charge in [-0.3, -0.25) is 4.79 Å². The van der Waals surface area contributed by atoms with Crippen LogP contribution in [0.15, 0.2) is 30.3 Å². The van der Waals surface area contributed by atoms with E-state index in [1.54, 1.807) is 6.07 Å². The van der Waals surface area contributed by atoms with Crippen molar-refractivity contribution in [3.63, 3.8) is 0 Å². The highest BCUT2D eigenvalue weighted by molar-refractivity contribution is 7.13. The molecule has 0 aliphatic carbocycles. The largest absolute Gasteiger partial charge is 0.330 e. The molecule has 3 aromatic rings. The van der Waals surface area contributed by atoms with Crippen LogP contribution in [0.2, 0.25) is 0 Å². The average Bonchev–Trinajstić information content (AvgIpc) is 3.22. The zero-order chi connectivity index (χ0) is 20.3. The van der Waals surface area contributed by atoms with Crippen molar-refractivity contribution in [2.45, 2.75) is 53.6 Å². The lowest BCUT2D eigenvalue weighted by molar-refractivity contribution is 0.0734. The van der Waals surface area contributed by atoms with Crippen LogP contribution in [0.25, 0.3) is 11.0 Å². The molecule has 0 saturated heterocycles. The van der Waals surface area contributed by atoms with E-state index in [9.17, 15) is 9.18 Å². The summed E-state index contributed by atoms with van der Waals surface area (Å²) in [5.74, 6) is 1.09. The topological polar surface area (TPSA) is 38.1 Å². The predicted octanol–water partition coefficient (Wildman–Crippen LogP) is 5.64. The monoisotopic (exact) mass is 401 g/mol. The normalized spacial score (nSPS) is 11.5. The molecular weight excluding hydrogens is 373 g/mol. The summed E-state index contributed by atoms with van der Waals surface area (Å²) in [7, 11) is 0. The first-order valence-corrected chi connectivity index (χ1v) is 10.7. The molecule has 28 heavy (non-hydrogen) atoms. The van der Waals surface area contributed by atoms with Crippen molar-refractivity contribution in [1.82, 2.24) is 14.5 Å². The van der Waals surface area contributed by atoms with Gasteiger partial charge >= 0.3 is 0 Å². The zero-order valence-electron chi connectivity index (χ0n) is 17.0. The number of imidazole rings is 1. The Morgan fingerprint density at radius 2 is 2.07 bits per heavy atom. The lowest BCUT2D eigenvalue weighted by Crippen LogP contribution is -2.32. The van der Waals surface area contributed by atoms with Crippen LogP contribution in [0.1, 0.15) is 54.0 Å². The number of hydrogen-bond acceptors (Lipinski definition) is 3. The van der Waals surface area contributed by atoms with E-state index in [1.165, 1.54) is 23.5 Å². The second-order valence-electron chi connectivity index (χ2n) is 7.63. The number of carbonyl (C=O) groups is 1. The Kier molecular flexibility index (Phi) is 6.50. The van der Waals surface area contributed by atoms with Gasteiger partial charge in [0.15, 0.2) is 0 Å². The smallest absolute Gasteiger partial charge is 0.264 e. The summed E-state index contributed by atoms with van der Waals surface area (Å²) in [6.07, 6.45) is 1.85. The van der Waals surface area contributed by atoms with Crippen LogP contribution < -0.4 is 0 Å². The molecule has 0 unspecified atom stereocenters. The van der Waals surface area contributed by atoms with E-state index in [1.807, 2.05) is 28.5 Å². The van der Waals surface area contributed by atoms with Crippen LogP contribution in [-0.4, -0.2) is 26.9 Å². The summed E-state index contributed by atoms with van der Waals surface area (Å²) in [5.41, 5.74) is 1.56. The van der Waals surface area contributed by atoms with Crippen LogP contribution in [-0.2, 0) is 13.1 Å². The number of aromatic nitrogens is 2. The lowest BCUT2D eigenvalue weighted by atomic mass is 10.1. The van der Waals surface area contributed by atoms with Crippen molar-refractivity contribution in [3.05, 3.63) is 51.7 Å². The lowest BCUT2D eigenvalue weighted by Gasteiger charge is -2.23. The van der Waals surface area contributed by atoms with Gasteiger partial charge in [-0.25, -0.2) is 9.37 Å². The van der Waals surface area contributed by atoms with E-state index >= 15 is 0 Å². The predicted molar refractivity (Wildman–Crippen MR) is 113 cm³/mol. The molecule has 3 rings (SSSR count). The highest BCUT2D eigenvalue weighted by Crippen LogP contribution is 2.22. The Hall–Kier alpha value is -2.21. The van der Waals surface area contributed by atoms with E-state index in [0.717, 1.165) is 46.0 Å². The van der Waals surface area contributed by atoms with E-state index in [0.29, 0.717) is 19.0 Å². The number of halogens is 1. The van der Waals surface area contributed by atoms with E-state index < -0.39 is 0 Å². The Morgan fingerprint density at radius 1 is 1.29 bits per heavy atom. The average molecular weight is 402 g/mol. The molecule has 150 valence electrons. The van der Waals surface area contributed by atoms with Gasteiger partial charge in [0.25, 0.3) is 5.91 Å². The van der Waals surface area contributed by atoms with Crippen molar-refractivity contribution >= 4 is 28.3 Å². The highest BCUT2D eigenvalue weighted by Gasteiger charge is 2.21. The van der Waals surface area contributed by atoms with Gasteiger partial charge in [-0.05, 0) is 56.0 Å². The molecule has 0 atom stereocenters. The SMILES string of the molecule is CCCn1c(CN(CCC(C)C)C(=O)c2ccc(C)s2)nc2ccc(F)cc21. The number of thiophene rings is 1. The number of amides is 1. The summed E-state index contributed by atoms with van der Waals surface area (Å²) >= 11 is 1.52. The number of fused-ring (bicyclic) bond motifs is 1. The van der Waals surface area contributed by atoms with Crippen molar-refractivity contribution in [1.29, 1.82) is 0 Å². The van der Waals surface area contributed by atoms with E-state index in [-0.39, 0.29) is 11.7 Å². The highest BCUT2D eigenvalue weighted by atomic mass is 32.1. The first-order valence-electron chi connectivity index (χ1n) is 9.89. The maximum atomic E-state index is 13.8.